The van der Waals surface area contributed by atoms with Gasteiger partial charge in [0.2, 0.25) is 0 Å². The maximum atomic E-state index is 14.6. The molecule has 9 heteroatoms. The predicted molar refractivity (Wildman–Crippen MR) is 131 cm³/mol. The Balaban J connectivity index is 1.47. The first-order valence-corrected chi connectivity index (χ1v) is 12.6. The molecule has 1 aliphatic heterocycles. The number of amides is 1. The first-order valence-electron chi connectivity index (χ1n) is 11.1. The van der Waals surface area contributed by atoms with Crippen molar-refractivity contribution in [2.24, 2.45) is 0 Å². The molecule has 178 valence electrons. The van der Waals surface area contributed by atoms with Crippen LogP contribution in [0.4, 0.5) is 21.5 Å². The topological polar surface area (TPSA) is 87.7 Å². The fourth-order valence-electron chi connectivity index (χ4n) is 3.81. The number of ether oxygens (including phenoxy) is 1. The summed E-state index contributed by atoms with van der Waals surface area (Å²) < 4.78 is 48.1. The second-order valence-electron chi connectivity index (χ2n) is 7.91. The number of hydrogen-bond donors (Lipinski definition) is 2. The van der Waals surface area contributed by atoms with Crippen molar-refractivity contribution in [3.63, 3.8) is 0 Å². The highest BCUT2D eigenvalue weighted by Crippen LogP contribution is 2.26. The minimum Gasteiger partial charge on any atom is -0.494 e. The third kappa shape index (κ3) is 5.48. The van der Waals surface area contributed by atoms with Crippen LogP contribution >= 0.6 is 0 Å². The van der Waals surface area contributed by atoms with Crippen LogP contribution in [0.25, 0.3) is 0 Å². The van der Waals surface area contributed by atoms with Crippen molar-refractivity contribution < 1.29 is 22.3 Å². The number of nitrogens with one attached hydrogen (secondary N) is 2. The number of carbonyl (C=O) groups excluding carboxylic acids is 1. The van der Waals surface area contributed by atoms with Crippen LogP contribution in [-0.2, 0) is 10.0 Å². The molecule has 1 amide bonds. The summed E-state index contributed by atoms with van der Waals surface area (Å²) in [5.41, 5.74) is 1.32. The highest BCUT2D eigenvalue weighted by Gasteiger charge is 2.19. The average molecular weight is 484 g/mol. The molecule has 34 heavy (non-hydrogen) atoms. The summed E-state index contributed by atoms with van der Waals surface area (Å²) >= 11 is 0. The second kappa shape index (κ2) is 10.1. The molecule has 1 saturated heterocycles. The van der Waals surface area contributed by atoms with Gasteiger partial charge in [-0.1, -0.05) is 6.07 Å². The Hall–Kier alpha value is -3.59. The van der Waals surface area contributed by atoms with Gasteiger partial charge in [0.1, 0.15) is 11.6 Å². The third-order valence-electron chi connectivity index (χ3n) is 5.48. The van der Waals surface area contributed by atoms with E-state index in [9.17, 15) is 17.6 Å². The SMILES string of the molecule is CCOc1ccc(NS(=O)(=O)c2cccc(C(=O)Nc3ccc(N4CCCC4)c(F)c3)c2)cc1. The van der Waals surface area contributed by atoms with Crippen LogP contribution in [0, 0.1) is 5.82 Å². The Labute approximate surface area is 198 Å². The first-order chi connectivity index (χ1) is 16.4. The zero-order valence-electron chi connectivity index (χ0n) is 18.8. The zero-order chi connectivity index (χ0) is 24.1. The van der Waals surface area contributed by atoms with E-state index in [-0.39, 0.29) is 10.5 Å². The lowest BCUT2D eigenvalue weighted by Gasteiger charge is -2.19. The van der Waals surface area contributed by atoms with E-state index < -0.39 is 21.7 Å². The second-order valence-corrected chi connectivity index (χ2v) is 9.59. The van der Waals surface area contributed by atoms with Gasteiger partial charge in [-0.2, -0.15) is 0 Å². The van der Waals surface area contributed by atoms with E-state index in [2.05, 4.69) is 10.0 Å². The number of benzene rings is 3. The van der Waals surface area contributed by atoms with Gasteiger partial charge in [0, 0.05) is 30.0 Å². The minimum atomic E-state index is -3.93. The molecule has 0 aliphatic carbocycles. The van der Waals surface area contributed by atoms with E-state index in [0.717, 1.165) is 25.9 Å². The molecule has 0 spiro atoms. The largest absolute Gasteiger partial charge is 0.494 e. The van der Waals surface area contributed by atoms with Gasteiger partial charge in [-0.25, -0.2) is 12.8 Å². The highest BCUT2D eigenvalue weighted by molar-refractivity contribution is 7.92. The van der Waals surface area contributed by atoms with Gasteiger partial charge >= 0.3 is 0 Å². The summed E-state index contributed by atoms with van der Waals surface area (Å²) in [4.78, 5) is 14.6. The van der Waals surface area contributed by atoms with E-state index in [1.807, 2.05) is 11.8 Å². The van der Waals surface area contributed by atoms with Gasteiger partial charge in [0.05, 0.1) is 17.2 Å². The van der Waals surface area contributed by atoms with Gasteiger partial charge in [0.15, 0.2) is 0 Å². The molecule has 7 nitrogen and oxygen atoms in total. The van der Waals surface area contributed by atoms with Crippen LogP contribution < -0.4 is 19.7 Å². The van der Waals surface area contributed by atoms with Gasteiger partial charge < -0.3 is 15.0 Å². The van der Waals surface area contributed by atoms with Crippen LogP contribution in [0.2, 0.25) is 0 Å². The summed E-state index contributed by atoms with van der Waals surface area (Å²) in [6, 6.07) is 16.8. The van der Waals surface area contributed by atoms with Gasteiger partial charge in [-0.05, 0) is 80.4 Å². The molecule has 0 radical (unpaired) electrons. The number of carbonyl (C=O) groups is 1. The van der Waals surface area contributed by atoms with Crippen molar-refractivity contribution in [2.45, 2.75) is 24.7 Å². The lowest BCUT2D eigenvalue weighted by Crippen LogP contribution is -2.19. The summed E-state index contributed by atoms with van der Waals surface area (Å²) in [6.07, 6.45) is 2.06. The predicted octanol–water partition coefficient (Wildman–Crippen LogP) is 4.88. The summed E-state index contributed by atoms with van der Waals surface area (Å²) in [5.74, 6) is -0.309. The quantitative estimate of drug-likeness (QED) is 0.477. The van der Waals surface area contributed by atoms with Crippen molar-refractivity contribution in [3.05, 3.63) is 78.1 Å². The monoisotopic (exact) mass is 483 g/mol. The van der Waals surface area contributed by atoms with Crippen LogP contribution in [-0.4, -0.2) is 34.0 Å². The molecule has 0 aromatic heterocycles. The zero-order valence-corrected chi connectivity index (χ0v) is 19.6. The lowest BCUT2D eigenvalue weighted by molar-refractivity contribution is 0.102. The van der Waals surface area contributed by atoms with Crippen LogP contribution in [0.5, 0.6) is 5.75 Å². The smallest absolute Gasteiger partial charge is 0.261 e. The molecule has 0 unspecified atom stereocenters. The van der Waals surface area contributed by atoms with Crippen LogP contribution in [0.3, 0.4) is 0 Å². The van der Waals surface area contributed by atoms with Crippen molar-refractivity contribution >= 4 is 33.0 Å². The van der Waals surface area contributed by atoms with Gasteiger partial charge in [-0.15, -0.1) is 0 Å². The van der Waals surface area contributed by atoms with Gasteiger partial charge in [0.25, 0.3) is 15.9 Å². The molecule has 0 bridgehead atoms. The molecule has 1 heterocycles. The first kappa shape index (κ1) is 23.6. The molecule has 1 aliphatic rings. The van der Waals surface area contributed by atoms with Crippen molar-refractivity contribution in [1.29, 1.82) is 0 Å². The lowest BCUT2D eigenvalue weighted by atomic mass is 10.2. The van der Waals surface area contributed by atoms with Crippen molar-refractivity contribution in [2.75, 3.05) is 34.6 Å². The number of sulfonamides is 1. The summed E-state index contributed by atoms with van der Waals surface area (Å²) in [5, 5.41) is 2.64. The molecule has 3 aromatic rings. The average Bonchev–Trinajstić information content (AvgIpc) is 3.35. The van der Waals surface area contributed by atoms with Crippen molar-refractivity contribution in [1.82, 2.24) is 0 Å². The highest BCUT2D eigenvalue weighted by atomic mass is 32.2. The number of anilines is 3. The molecular weight excluding hydrogens is 457 g/mol. The van der Waals surface area contributed by atoms with E-state index in [4.69, 9.17) is 4.74 Å². The number of rotatable bonds is 8. The fraction of sp³-hybridized carbons (Fsp3) is 0.240. The summed E-state index contributed by atoms with van der Waals surface area (Å²) in [7, 11) is -3.93. The normalized spacial score (nSPS) is 13.5. The maximum absolute atomic E-state index is 14.6. The fourth-order valence-corrected chi connectivity index (χ4v) is 4.91. The Morgan fingerprint density at radius 3 is 2.38 bits per heavy atom. The Kier molecular flexibility index (Phi) is 7.02. The number of hydrogen-bond acceptors (Lipinski definition) is 5. The molecule has 0 atom stereocenters. The molecular formula is C25H26FN3O4S. The Bertz CT molecular complexity index is 1270. The van der Waals surface area contributed by atoms with Crippen LogP contribution in [0.1, 0.15) is 30.1 Å². The van der Waals surface area contributed by atoms with Crippen LogP contribution in [0.15, 0.2) is 71.6 Å². The molecule has 4 rings (SSSR count). The standard InChI is InChI=1S/C25H26FN3O4S/c1-2-33-21-11-8-19(9-12-21)28-34(31,32)22-7-5-6-18(16-22)25(30)27-20-10-13-24(23(26)17-20)29-14-3-4-15-29/h5-13,16-17,28H,2-4,14-15H2,1H3,(H,27,30). The van der Waals surface area contributed by atoms with E-state index in [0.29, 0.717) is 29.4 Å². The number of halogens is 1. The molecule has 0 saturated carbocycles. The van der Waals surface area contributed by atoms with Gasteiger partial charge in [-0.3, -0.25) is 9.52 Å². The Morgan fingerprint density at radius 1 is 1.00 bits per heavy atom. The number of nitrogens with zero attached hydrogens (tertiary/aromatic N) is 1. The minimum absolute atomic E-state index is 0.0652. The van der Waals surface area contributed by atoms with Crippen molar-refractivity contribution in [3.8, 4) is 5.75 Å². The molecule has 3 aromatic carbocycles. The third-order valence-corrected chi connectivity index (χ3v) is 6.86. The summed E-state index contributed by atoms with van der Waals surface area (Å²) in [6.45, 7) is 4.00. The molecule has 1 fully saturated rings. The van der Waals surface area contributed by atoms with E-state index in [1.165, 1.54) is 30.3 Å². The van der Waals surface area contributed by atoms with E-state index >= 15 is 0 Å². The maximum Gasteiger partial charge on any atom is 0.261 e. The Morgan fingerprint density at radius 2 is 1.71 bits per heavy atom. The van der Waals surface area contributed by atoms with E-state index in [1.54, 1.807) is 36.4 Å². The molecule has 2 N–H and O–H groups in total.